The SMILES string of the molecule is CNc1cccc(-c2cc(NC)cc(-c3cc(-c4ccccc4)cc(-c4cc(NC)cc(-c5cccc(NC)c5)c4)n3)c2)c1. The Labute approximate surface area is 260 Å². The van der Waals surface area contributed by atoms with Crippen molar-refractivity contribution in [2.45, 2.75) is 0 Å². The molecule has 0 aliphatic heterocycles. The van der Waals surface area contributed by atoms with Crippen molar-refractivity contribution in [3.8, 4) is 55.9 Å². The van der Waals surface area contributed by atoms with Gasteiger partial charge in [-0.15, -0.1) is 0 Å². The van der Waals surface area contributed by atoms with E-state index in [1.54, 1.807) is 0 Å². The van der Waals surface area contributed by atoms with Gasteiger partial charge in [0.25, 0.3) is 0 Å². The van der Waals surface area contributed by atoms with Gasteiger partial charge >= 0.3 is 0 Å². The summed E-state index contributed by atoms with van der Waals surface area (Å²) in [4.78, 5) is 5.31. The molecule has 5 heteroatoms. The number of pyridine rings is 1. The molecule has 6 aromatic rings. The van der Waals surface area contributed by atoms with E-state index in [9.17, 15) is 0 Å². The van der Waals surface area contributed by atoms with Crippen LogP contribution in [0, 0.1) is 0 Å². The van der Waals surface area contributed by atoms with Gasteiger partial charge in [-0.1, -0.05) is 54.6 Å². The van der Waals surface area contributed by atoms with Gasteiger partial charge in [-0.25, -0.2) is 4.98 Å². The van der Waals surface area contributed by atoms with Crippen molar-refractivity contribution in [2.75, 3.05) is 49.5 Å². The molecular weight excluding hydrogens is 538 g/mol. The van der Waals surface area contributed by atoms with Gasteiger partial charge in [0.15, 0.2) is 0 Å². The number of aromatic nitrogens is 1. The standard InChI is InChI=1S/C39H37N5/c1-40-34-14-8-12-27(18-34)29-16-32(22-36(20-29)42-3)38-24-31(26-10-6-5-7-11-26)25-39(44-38)33-17-30(21-37(23-33)43-4)28-13-9-15-35(19-28)41-2/h5-25,40-43H,1-4H3. The van der Waals surface area contributed by atoms with E-state index >= 15 is 0 Å². The molecule has 6 rings (SSSR count). The van der Waals surface area contributed by atoms with Crippen LogP contribution < -0.4 is 21.3 Å². The van der Waals surface area contributed by atoms with Gasteiger partial charge < -0.3 is 21.3 Å². The number of anilines is 4. The van der Waals surface area contributed by atoms with Crippen LogP contribution in [0.3, 0.4) is 0 Å². The Morgan fingerprint density at radius 1 is 0.318 bits per heavy atom. The maximum atomic E-state index is 5.31. The van der Waals surface area contributed by atoms with Crippen molar-refractivity contribution in [2.24, 2.45) is 0 Å². The molecule has 0 saturated heterocycles. The van der Waals surface area contributed by atoms with Gasteiger partial charge in [-0.2, -0.15) is 0 Å². The Balaban J connectivity index is 1.54. The summed E-state index contributed by atoms with van der Waals surface area (Å²) in [7, 11) is 7.81. The molecule has 5 aromatic carbocycles. The first-order valence-electron chi connectivity index (χ1n) is 14.9. The predicted molar refractivity (Wildman–Crippen MR) is 190 cm³/mol. The highest BCUT2D eigenvalue weighted by Crippen LogP contribution is 2.36. The van der Waals surface area contributed by atoms with E-state index < -0.39 is 0 Å². The van der Waals surface area contributed by atoms with E-state index in [1.807, 2.05) is 28.2 Å². The average Bonchev–Trinajstić information content (AvgIpc) is 3.11. The number of rotatable bonds is 9. The quantitative estimate of drug-likeness (QED) is 0.138. The summed E-state index contributed by atoms with van der Waals surface area (Å²) in [5.41, 5.74) is 14.9. The minimum Gasteiger partial charge on any atom is -0.388 e. The van der Waals surface area contributed by atoms with Crippen LogP contribution in [0.2, 0.25) is 0 Å². The molecule has 1 aromatic heterocycles. The molecule has 0 unspecified atom stereocenters. The number of hydrogen-bond donors (Lipinski definition) is 4. The Morgan fingerprint density at radius 2 is 0.705 bits per heavy atom. The molecule has 0 bridgehead atoms. The Morgan fingerprint density at radius 3 is 1.16 bits per heavy atom. The van der Waals surface area contributed by atoms with Crippen LogP contribution in [0.1, 0.15) is 0 Å². The lowest BCUT2D eigenvalue weighted by atomic mass is 9.95. The molecule has 0 spiro atoms. The first kappa shape index (κ1) is 28.6. The molecule has 4 N–H and O–H groups in total. The molecule has 1 heterocycles. The van der Waals surface area contributed by atoms with Gasteiger partial charge in [0.2, 0.25) is 0 Å². The summed E-state index contributed by atoms with van der Waals surface area (Å²) < 4.78 is 0. The first-order valence-corrected chi connectivity index (χ1v) is 14.9. The highest BCUT2D eigenvalue weighted by molar-refractivity contribution is 5.84. The molecule has 0 amide bonds. The van der Waals surface area contributed by atoms with Crippen LogP contribution >= 0.6 is 0 Å². The van der Waals surface area contributed by atoms with Crippen LogP contribution in [-0.2, 0) is 0 Å². The second-order valence-electron chi connectivity index (χ2n) is 10.8. The molecular formula is C39H37N5. The largest absolute Gasteiger partial charge is 0.388 e. The zero-order chi connectivity index (χ0) is 30.5. The van der Waals surface area contributed by atoms with E-state index in [0.717, 1.165) is 78.6 Å². The summed E-state index contributed by atoms with van der Waals surface area (Å²) in [5, 5.41) is 13.2. The molecule has 0 atom stereocenters. The van der Waals surface area contributed by atoms with Crippen molar-refractivity contribution < 1.29 is 0 Å². The lowest BCUT2D eigenvalue weighted by molar-refractivity contribution is 1.32. The summed E-state index contributed by atoms with van der Waals surface area (Å²) in [5.74, 6) is 0. The van der Waals surface area contributed by atoms with Crippen LogP contribution in [0.4, 0.5) is 22.7 Å². The molecule has 0 saturated carbocycles. The van der Waals surface area contributed by atoms with Gasteiger partial charge in [-0.3, -0.25) is 0 Å². The number of benzene rings is 5. The van der Waals surface area contributed by atoms with E-state index in [-0.39, 0.29) is 0 Å². The van der Waals surface area contributed by atoms with Crippen molar-refractivity contribution in [3.63, 3.8) is 0 Å². The number of nitrogens with zero attached hydrogens (tertiary/aromatic N) is 1. The van der Waals surface area contributed by atoms with E-state index in [1.165, 1.54) is 0 Å². The molecule has 0 aliphatic rings. The fourth-order valence-electron chi connectivity index (χ4n) is 5.51. The minimum absolute atomic E-state index is 0.915. The first-order chi connectivity index (χ1) is 21.6. The zero-order valence-electron chi connectivity index (χ0n) is 25.6. The molecule has 44 heavy (non-hydrogen) atoms. The number of nitrogens with one attached hydrogen (secondary N) is 4. The average molecular weight is 576 g/mol. The highest BCUT2D eigenvalue weighted by atomic mass is 14.8. The fraction of sp³-hybridized carbons (Fsp3) is 0.103. The predicted octanol–water partition coefficient (Wildman–Crippen LogP) is 9.58. The molecule has 5 nitrogen and oxygen atoms in total. The molecule has 0 radical (unpaired) electrons. The summed E-state index contributed by atoms with van der Waals surface area (Å²) in [6.07, 6.45) is 0. The third kappa shape index (κ3) is 6.13. The lowest BCUT2D eigenvalue weighted by Gasteiger charge is -2.15. The molecule has 218 valence electrons. The Bertz CT molecular complexity index is 1800. The smallest absolute Gasteiger partial charge is 0.0716 e. The van der Waals surface area contributed by atoms with Crippen LogP contribution in [0.15, 0.2) is 127 Å². The second-order valence-corrected chi connectivity index (χ2v) is 10.8. The maximum absolute atomic E-state index is 5.31. The van der Waals surface area contributed by atoms with Gasteiger partial charge in [0, 0.05) is 62.1 Å². The van der Waals surface area contributed by atoms with Gasteiger partial charge in [-0.05, 0) is 106 Å². The van der Waals surface area contributed by atoms with Crippen molar-refractivity contribution in [1.82, 2.24) is 4.98 Å². The summed E-state index contributed by atoms with van der Waals surface area (Å²) in [6, 6.07) is 45.0. The van der Waals surface area contributed by atoms with Gasteiger partial charge in [0.1, 0.15) is 0 Å². The van der Waals surface area contributed by atoms with E-state index in [2.05, 4.69) is 149 Å². The fourth-order valence-corrected chi connectivity index (χ4v) is 5.51. The number of hydrogen-bond acceptors (Lipinski definition) is 5. The van der Waals surface area contributed by atoms with Crippen molar-refractivity contribution >= 4 is 22.7 Å². The van der Waals surface area contributed by atoms with Crippen LogP contribution in [-0.4, -0.2) is 33.2 Å². The summed E-state index contributed by atoms with van der Waals surface area (Å²) in [6.45, 7) is 0. The molecule has 0 fully saturated rings. The third-order valence-electron chi connectivity index (χ3n) is 7.94. The summed E-state index contributed by atoms with van der Waals surface area (Å²) >= 11 is 0. The Kier molecular flexibility index (Phi) is 8.28. The van der Waals surface area contributed by atoms with Gasteiger partial charge in [0.05, 0.1) is 11.4 Å². The van der Waals surface area contributed by atoms with Crippen molar-refractivity contribution in [3.05, 3.63) is 127 Å². The van der Waals surface area contributed by atoms with E-state index in [4.69, 9.17) is 4.98 Å². The normalized spacial score (nSPS) is 10.7. The topological polar surface area (TPSA) is 61.0 Å². The third-order valence-corrected chi connectivity index (χ3v) is 7.94. The van der Waals surface area contributed by atoms with Crippen LogP contribution in [0.5, 0.6) is 0 Å². The van der Waals surface area contributed by atoms with Crippen LogP contribution in [0.25, 0.3) is 55.9 Å². The minimum atomic E-state index is 0.915. The maximum Gasteiger partial charge on any atom is 0.0716 e. The lowest BCUT2D eigenvalue weighted by Crippen LogP contribution is -1.96. The molecule has 0 aliphatic carbocycles. The van der Waals surface area contributed by atoms with Crippen molar-refractivity contribution in [1.29, 1.82) is 0 Å². The zero-order valence-corrected chi connectivity index (χ0v) is 25.6. The second kappa shape index (κ2) is 12.8. The highest BCUT2D eigenvalue weighted by Gasteiger charge is 2.14. The monoisotopic (exact) mass is 575 g/mol. The Hall–Kier alpha value is -5.55. The van der Waals surface area contributed by atoms with E-state index in [0.29, 0.717) is 0 Å².